The second-order valence-electron chi connectivity index (χ2n) is 4.60. The number of rotatable bonds is 3. The zero-order chi connectivity index (χ0) is 14.8. The van der Waals surface area contributed by atoms with Gasteiger partial charge in [-0.05, 0) is 17.7 Å². The minimum atomic E-state index is -0.413. The van der Waals surface area contributed by atoms with Crippen LogP contribution in [0.4, 0.5) is 0 Å². The molecule has 5 heteroatoms. The van der Waals surface area contributed by atoms with E-state index in [2.05, 4.69) is 4.98 Å². The summed E-state index contributed by atoms with van der Waals surface area (Å²) in [6.07, 6.45) is 0.586. The van der Waals surface area contributed by atoms with Gasteiger partial charge in [0.1, 0.15) is 11.5 Å². The van der Waals surface area contributed by atoms with Gasteiger partial charge in [0.15, 0.2) is 5.15 Å². The number of carbonyl (C=O) groups is 1. The quantitative estimate of drug-likeness (QED) is 0.697. The number of nitrogens with zero attached hydrogens (tertiary/aromatic N) is 2. The van der Waals surface area contributed by atoms with Gasteiger partial charge in [0, 0.05) is 6.42 Å². The van der Waals surface area contributed by atoms with E-state index in [0.29, 0.717) is 28.6 Å². The third kappa shape index (κ3) is 2.50. The predicted octanol–water partition coefficient (Wildman–Crippen LogP) is 3.37. The van der Waals surface area contributed by atoms with Gasteiger partial charge < -0.3 is 4.74 Å². The Morgan fingerprint density at radius 1 is 1.19 bits per heavy atom. The highest BCUT2D eigenvalue weighted by Gasteiger charge is 2.17. The number of ether oxygens (including phenoxy) is 1. The summed E-state index contributed by atoms with van der Waals surface area (Å²) in [5, 5.41) is 0.381. The first-order chi connectivity index (χ1) is 10.2. The summed E-state index contributed by atoms with van der Waals surface area (Å²) in [5.74, 6) is 0.297. The lowest BCUT2D eigenvalue weighted by molar-refractivity contribution is 0.0592. The Bertz CT molecular complexity index is 797. The number of aromatic nitrogens is 2. The lowest BCUT2D eigenvalue weighted by Crippen LogP contribution is -2.10. The van der Waals surface area contributed by atoms with E-state index in [9.17, 15) is 4.79 Å². The molecule has 0 aliphatic carbocycles. The van der Waals surface area contributed by atoms with Gasteiger partial charge >= 0.3 is 5.97 Å². The Balaban J connectivity index is 2.16. The third-order valence-corrected chi connectivity index (χ3v) is 3.56. The molecule has 4 nitrogen and oxygen atoms in total. The summed E-state index contributed by atoms with van der Waals surface area (Å²) in [6, 6.07) is 15.2. The topological polar surface area (TPSA) is 43.6 Å². The van der Waals surface area contributed by atoms with E-state index in [1.54, 1.807) is 16.5 Å². The van der Waals surface area contributed by atoms with Crippen molar-refractivity contribution in [3.05, 3.63) is 70.8 Å². The summed E-state index contributed by atoms with van der Waals surface area (Å²) in [5.41, 5.74) is 2.21. The fourth-order valence-electron chi connectivity index (χ4n) is 2.33. The zero-order valence-electron chi connectivity index (χ0n) is 11.4. The summed E-state index contributed by atoms with van der Waals surface area (Å²) in [6.45, 7) is 0. The van der Waals surface area contributed by atoms with Crippen LogP contribution in [0.15, 0.2) is 48.5 Å². The molecule has 3 aromatic rings. The van der Waals surface area contributed by atoms with Gasteiger partial charge in [0.2, 0.25) is 0 Å². The number of fused-ring (bicyclic) bond motifs is 1. The molecular weight excluding hydrogens is 288 g/mol. The van der Waals surface area contributed by atoms with Crippen LogP contribution in [0.25, 0.3) is 5.52 Å². The first-order valence-corrected chi connectivity index (χ1v) is 6.86. The van der Waals surface area contributed by atoms with Crippen LogP contribution in [0.1, 0.15) is 21.9 Å². The molecule has 2 heterocycles. The van der Waals surface area contributed by atoms with Gasteiger partial charge in [0.25, 0.3) is 0 Å². The van der Waals surface area contributed by atoms with Crippen molar-refractivity contribution < 1.29 is 9.53 Å². The van der Waals surface area contributed by atoms with Crippen LogP contribution < -0.4 is 0 Å². The van der Waals surface area contributed by atoms with Gasteiger partial charge in [-0.2, -0.15) is 0 Å². The number of methoxy groups -OCH3 is 1. The van der Waals surface area contributed by atoms with Crippen molar-refractivity contribution in [2.24, 2.45) is 0 Å². The molecule has 0 spiro atoms. The molecule has 0 radical (unpaired) electrons. The molecule has 0 N–H and O–H groups in total. The fraction of sp³-hybridized carbons (Fsp3) is 0.125. The standard InChI is InChI=1S/C16H13ClN2O2/c1-21-16(20)13-9-5-8-12-15(17)18-14(19(12)13)10-11-6-3-2-4-7-11/h2-9H,10H2,1H3. The van der Waals surface area contributed by atoms with Crippen molar-refractivity contribution in [1.29, 1.82) is 0 Å². The molecule has 0 atom stereocenters. The number of hydrogen-bond donors (Lipinski definition) is 0. The SMILES string of the molecule is COC(=O)c1cccc2c(Cl)nc(Cc3ccccc3)n12. The lowest BCUT2D eigenvalue weighted by atomic mass is 10.1. The Morgan fingerprint density at radius 2 is 1.95 bits per heavy atom. The lowest BCUT2D eigenvalue weighted by Gasteiger charge is -2.07. The van der Waals surface area contributed by atoms with Gasteiger partial charge in [0.05, 0.1) is 12.6 Å². The Labute approximate surface area is 126 Å². The monoisotopic (exact) mass is 300 g/mol. The Kier molecular flexibility index (Phi) is 3.62. The summed E-state index contributed by atoms with van der Waals surface area (Å²) >= 11 is 6.18. The number of pyridine rings is 1. The van der Waals surface area contributed by atoms with Crippen molar-refractivity contribution in [3.8, 4) is 0 Å². The molecule has 0 unspecified atom stereocenters. The van der Waals surface area contributed by atoms with Gasteiger partial charge in [-0.1, -0.05) is 48.0 Å². The molecule has 1 aromatic carbocycles. The van der Waals surface area contributed by atoms with Crippen LogP contribution >= 0.6 is 11.6 Å². The largest absolute Gasteiger partial charge is 0.464 e. The van der Waals surface area contributed by atoms with E-state index < -0.39 is 5.97 Å². The second-order valence-corrected chi connectivity index (χ2v) is 4.96. The molecule has 0 fully saturated rings. The maximum Gasteiger partial charge on any atom is 0.355 e. The van der Waals surface area contributed by atoms with Gasteiger partial charge in [-0.25, -0.2) is 9.78 Å². The number of carbonyl (C=O) groups excluding carboxylic acids is 1. The van der Waals surface area contributed by atoms with Crippen molar-refractivity contribution in [2.75, 3.05) is 7.11 Å². The Hall–Kier alpha value is -2.33. The van der Waals surface area contributed by atoms with Crippen molar-refractivity contribution >= 4 is 23.1 Å². The zero-order valence-corrected chi connectivity index (χ0v) is 12.2. The highest BCUT2D eigenvalue weighted by Crippen LogP contribution is 2.22. The predicted molar refractivity (Wildman–Crippen MR) is 80.8 cm³/mol. The van der Waals surface area contributed by atoms with E-state index in [0.717, 1.165) is 5.56 Å². The molecule has 0 amide bonds. The van der Waals surface area contributed by atoms with E-state index in [4.69, 9.17) is 16.3 Å². The van der Waals surface area contributed by atoms with E-state index in [-0.39, 0.29) is 0 Å². The smallest absolute Gasteiger partial charge is 0.355 e. The summed E-state index contributed by atoms with van der Waals surface area (Å²) in [7, 11) is 1.36. The maximum atomic E-state index is 11.9. The summed E-state index contributed by atoms with van der Waals surface area (Å²) < 4.78 is 6.58. The highest BCUT2D eigenvalue weighted by molar-refractivity contribution is 6.32. The van der Waals surface area contributed by atoms with Gasteiger partial charge in [-0.15, -0.1) is 0 Å². The van der Waals surface area contributed by atoms with Crippen molar-refractivity contribution in [1.82, 2.24) is 9.38 Å². The molecule has 3 rings (SSSR count). The van der Waals surface area contributed by atoms with Gasteiger partial charge in [-0.3, -0.25) is 4.40 Å². The number of benzene rings is 1. The highest BCUT2D eigenvalue weighted by atomic mass is 35.5. The normalized spacial score (nSPS) is 10.8. The molecular formula is C16H13ClN2O2. The van der Waals surface area contributed by atoms with Crippen LogP contribution in [0.5, 0.6) is 0 Å². The summed E-state index contributed by atoms with van der Waals surface area (Å²) in [4.78, 5) is 16.3. The second kappa shape index (κ2) is 5.58. The molecule has 0 aliphatic heterocycles. The van der Waals surface area contributed by atoms with E-state index in [1.165, 1.54) is 7.11 Å². The van der Waals surface area contributed by atoms with Crippen LogP contribution in [0, 0.1) is 0 Å². The minimum absolute atomic E-state index is 0.381. The van der Waals surface area contributed by atoms with E-state index in [1.807, 2.05) is 36.4 Å². The first kappa shape index (κ1) is 13.6. The molecule has 21 heavy (non-hydrogen) atoms. The minimum Gasteiger partial charge on any atom is -0.464 e. The number of imidazole rings is 1. The molecule has 0 saturated carbocycles. The van der Waals surface area contributed by atoms with Crippen LogP contribution in [0.2, 0.25) is 5.15 Å². The average molecular weight is 301 g/mol. The first-order valence-electron chi connectivity index (χ1n) is 6.49. The third-order valence-electron chi connectivity index (χ3n) is 3.29. The molecule has 0 aliphatic rings. The molecule has 2 aromatic heterocycles. The molecule has 0 saturated heterocycles. The van der Waals surface area contributed by atoms with Crippen LogP contribution in [-0.4, -0.2) is 22.5 Å². The molecule has 0 bridgehead atoms. The molecule has 106 valence electrons. The number of hydrogen-bond acceptors (Lipinski definition) is 3. The Morgan fingerprint density at radius 3 is 2.67 bits per heavy atom. The fourth-order valence-corrected chi connectivity index (χ4v) is 2.57. The number of halogens is 1. The maximum absolute atomic E-state index is 11.9. The van der Waals surface area contributed by atoms with E-state index >= 15 is 0 Å². The average Bonchev–Trinajstić information content (AvgIpc) is 2.84. The van der Waals surface area contributed by atoms with Crippen LogP contribution in [0.3, 0.4) is 0 Å². The van der Waals surface area contributed by atoms with Crippen molar-refractivity contribution in [2.45, 2.75) is 6.42 Å². The van der Waals surface area contributed by atoms with Crippen molar-refractivity contribution in [3.63, 3.8) is 0 Å². The number of esters is 1. The van der Waals surface area contributed by atoms with Crippen LogP contribution in [-0.2, 0) is 11.2 Å².